The molecule has 0 aliphatic carbocycles. The van der Waals surface area contributed by atoms with Gasteiger partial charge < -0.3 is 10.4 Å². The average Bonchev–Trinajstić information content (AvgIpc) is 2.45. The van der Waals surface area contributed by atoms with Crippen LogP contribution in [0.15, 0.2) is 6.20 Å². The van der Waals surface area contributed by atoms with E-state index >= 15 is 0 Å². The summed E-state index contributed by atoms with van der Waals surface area (Å²) in [6.45, 7) is 2.62. The fraction of sp³-hybridized carbons (Fsp3) is 0.625. The van der Waals surface area contributed by atoms with Gasteiger partial charge in [0.05, 0.1) is 30.1 Å². The van der Waals surface area contributed by atoms with E-state index in [1.165, 1.54) is 0 Å². The van der Waals surface area contributed by atoms with Crippen LogP contribution in [-0.4, -0.2) is 34.6 Å². The smallest absolute Gasteiger partial charge is 0.0814 e. The maximum Gasteiger partial charge on any atom is 0.0814 e. The molecule has 74 valence electrons. The summed E-state index contributed by atoms with van der Waals surface area (Å²) in [7, 11) is 1.81. The number of hydrogen-bond acceptors (Lipinski definition) is 3. The number of hydrogen-bond donors (Lipinski definition) is 2. The molecular weight excluding hydrogens is 190 g/mol. The van der Waals surface area contributed by atoms with E-state index in [0.717, 1.165) is 5.69 Å². The number of likely N-dealkylation sites (N-methyl/N-ethyl adjacent to an activating group) is 1. The van der Waals surface area contributed by atoms with E-state index in [-0.39, 0.29) is 12.6 Å². The van der Waals surface area contributed by atoms with E-state index in [0.29, 0.717) is 11.6 Å². The summed E-state index contributed by atoms with van der Waals surface area (Å²) in [6, 6.07) is 0.0228. The van der Waals surface area contributed by atoms with E-state index in [1.807, 2.05) is 6.92 Å². The van der Waals surface area contributed by atoms with Gasteiger partial charge in [0, 0.05) is 6.04 Å². The van der Waals surface area contributed by atoms with Crippen LogP contribution in [0, 0.1) is 6.92 Å². The maximum absolute atomic E-state index is 8.95. The van der Waals surface area contributed by atoms with Crippen molar-refractivity contribution in [3.8, 4) is 0 Å². The molecule has 0 radical (unpaired) electrons. The van der Waals surface area contributed by atoms with Crippen LogP contribution in [0.2, 0.25) is 5.02 Å². The number of nitrogens with zero attached hydrogens (tertiary/aromatic N) is 2. The second kappa shape index (κ2) is 4.60. The molecule has 0 amide bonds. The molecule has 13 heavy (non-hydrogen) atoms. The lowest BCUT2D eigenvalue weighted by atomic mass is 10.3. The molecule has 1 rings (SSSR count). The predicted molar refractivity (Wildman–Crippen MR) is 51.9 cm³/mol. The first-order valence-electron chi connectivity index (χ1n) is 4.15. The second-order valence-corrected chi connectivity index (χ2v) is 3.34. The fourth-order valence-corrected chi connectivity index (χ4v) is 1.20. The van der Waals surface area contributed by atoms with Crippen molar-refractivity contribution in [1.82, 2.24) is 15.1 Å². The van der Waals surface area contributed by atoms with E-state index in [2.05, 4.69) is 10.4 Å². The van der Waals surface area contributed by atoms with Crippen molar-refractivity contribution < 1.29 is 5.11 Å². The maximum atomic E-state index is 8.95. The first kappa shape index (κ1) is 10.5. The molecule has 0 aromatic carbocycles. The molecule has 0 bridgehead atoms. The Morgan fingerprint density at radius 3 is 2.85 bits per heavy atom. The van der Waals surface area contributed by atoms with E-state index < -0.39 is 0 Å². The largest absolute Gasteiger partial charge is 0.395 e. The summed E-state index contributed by atoms with van der Waals surface area (Å²) in [6.07, 6.45) is 1.61. The first-order valence-corrected chi connectivity index (χ1v) is 4.53. The van der Waals surface area contributed by atoms with Crippen LogP contribution in [-0.2, 0) is 6.54 Å². The summed E-state index contributed by atoms with van der Waals surface area (Å²) >= 11 is 5.83. The molecule has 1 heterocycles. The predicted octanol–water partition coefficient (Wildman–Crippen LogP) is 0.425. The number of nitrogens with one attached hydrogen (secondary N) is 1. The molecule has 5 heteroatoms. The third-order valence-electron chi connectivity index (χ3n) is 2.07. The van der Waals surface area contributed by atoms with Crippen LogP contribution >= 0.6 is 11.6 Å². The Kier molecular flexibility index (Phi) is 3.71. The Bertz CT molecular complexity index is 270. The van der Waals surface area contributed by atoms with Gasteiger partial charge in [-0.1, -0.05) is 11.6 Å². The minimum atomic E-state index is 0.0228. The van der Waals surface area contributed by atoms with Crippen molar-refractivity contribution in [2.24, 2.45) is 0 Å². The van der Waals surface area contributed by atoms with Gasteiger partial charge in [0.15, 0.2) is 0 Å². The van der Waals surface area contributed by atoms with Crippen molar-refractivity contribution in [1.29, 1.82) is 0 Å². The molecule has 2 N–H and O–H groups in total. The molecule has 0 aliphatic heterocycles. The van der Waals surface area contributed by atoms with Crippen molar-refractivity contribution in [3.05, 3.63) is 16.9 Å². The van der Waals surface area contributed by atoms with Gasteiger partial charge in [-0.3, -0.25) is 4.68 Å². The van der Waals surface area contributed by atoms with Gasteiger partial charge in [0.25, 0.3) is 0 Å². The van der Waals surface area contributed by atoms with Gasteiger partial charge in [-0.25, -0.2) is 0 Å². The molecular formula is C8H14ClN3O. The summed E-state index contributed by atoms with van der Waals surface area (Å²) in [4.78, 5) is 0. The third-order valence-corrected chi connectivity index (χ3v) is 2.44. The first-order chi connectivity index (χ1) is 6.19. The Morgan fingerprint density at radius 1 is 1.77 bits per heavy atom. The third kappa shape index (κ3) is 2.43. The van der Waals surface area contributed by atoms with E-state index in [9.17, 15) is 0 Å². The molecule has 1 aromatic rings. The highest BCUT2D eigenvalue weighted by molar-refractivity contribution is 6.31. The molecule has 1 aromatic heterocycles. The van der Waals surface area contributed by atoms with Crippen LogP contribution < -0.4 is 5.32 Å². The lowest BCUT2D eigenvalue weighted by molar-refractivity contribution is 0.231. The lowest BCUT2D eigenvalue weighted by Gasteiger charge is -2.13. The van der Waals surface area contributed by atoms with Gasteiger partial charge >= 0.3 is 0 Å². The number of halogens is 1. The zero-order valence-electron chi connectivity index (χ0n) is 7.79. The minimum Gasteiger partial charge on any atom is -0.395 e. The monoisotopic (exact) mass is 203 g/mol. The number of rotatable bonds is 4. The summed E-state index contributed by atoms with van der Waals surface area (Å²) < 4.78 is 1.78. The normalized spacial score (nSPS) is 13.2. The minimum absolute atomic E-state index is 0.0228. The number of aromatic nitrogens is 2. The average molecular weight is 204 g/mol. The van der Waals surface area contributed by atoms with Gasteiger partial charge in [-0.05, 0) is 14.0 Å². The molecule has 1 unspecified atom stereocenters. The summed E-state index contributed by atoms with van der Waals surface area (Å²) in [5, 5.41) is 16.7. The zero-order chi connectivity index (χ0) is 9.84. The SMILES string of the molecule is CNC(CO)Cn1ncc(Cl)c1C. The van der Waals surface area contributed by atoms with Crippen molar-refractivity contribution in [3.63, 3.8) is 0 Å². The van der Waals surface area contributed by atoms with Crippen LogP contribution in [0.1, 0.15) is 5.69 Å². The molecule has 0 spiro atoms. The van der Waals surface area contributed by atoms with E-state index in [4.69, 9.17) is 16.7 Å². The van der Waals surface area contributed by atoms with Crippen molar-refractivity contribution in [2.75, 3.05) is 13.7 Å². The molecule has 0 aliphatic rings. The fourth-order valence-electron chi connectivity index (χ4n) is 1.06. The molecule has 1 atom stereocenters. The Labute approximate surface area is 82.5 Å². The number of aliphatic hydroxyl groups excluding tert-OH is 1. The summed E-state index contributed by atoms with van der Waals surface area (Å²) in [5.41, 5.74) is 0.926. The van der Waals surface area contributed by atoms with Crippen LogP contribution in [0.5, 0.6) is 0 Å². The molecule has 0 saturated carbocycles. The number of aliphatic hydroxyl groups is 1. The highest BCUT2D eigenvalue weighted by Gasteiger charge is 2.09. The Hall–Kier alpha value is -0.580. The van der Waals surface area contributed by atoms with Gasteiger partial charge in [-0.15, -0.1) is 0 Å². The van der Waals surface area contributed by atoms with Gasteiger partial charge in [-0.2, -0.15) is 5.10 Å². The van der Waals surface area contributed by atoms with Crippen molar-refractivity contribution >= 4 is 11.6 Å². The Balaban J connectivity index is 2.67. The summed E-state index contributed by atoms with van der Waals surface area (Å²) in [5.74, 6) is 0. The van der Waals surface area contributed by atoms with Gasteiger partial charge in [0.1, 0.15) is 0 Å². The molecule has 4 nitrogen and oxygen atoms in total. The van der Waals surface area contributed by atoms with Crippen LogP contribution in [0.25, 0.3) is 0 Å². The molecule has 0 fully saturated rings. The zero-order valence-corrected chi connectivity index (χ0v) is 8.54. The lowest BCUT2D eigenvalue weighted by Crippen LogP contribution is -2.34. The second-order valence-electron chi connectivity index (χ2n) is 2.93. The topological polar surface area (TPSA) is 50.1 Å². The van der Waals surface area contributed by atoms with Crippen molar-refractivity contribution in [2.45, 2.75) is 19.5 Å². The highest BCUT2D eigenvalue weighted by Crippen LogP contribution is 2.13. The van der Waals surface area contributed by atoms with Crippen LogP contribution in [0.3, 0.4) is 0 Å². The Morgan fingerprint density at radius 2 is 2.46 bits per heavy atom. The van der Waals surface area contributed by atoms with E-state index in [1.54, 1.807) is 17.9 Å². The van der Waals surface area contributed by atoms with Crippen LogP contribution in [0.4, 0.5) is 0 Å². The standard InChI is InChI=1S/C8H14ClN3O/c1-6-8(9)3-11-12(6)4-7(5-13)10-2/h3,7,10,13H,4-5H2,1-2H3. The van der Waals surface area contributed by atoms with Gasteiger partial charge in [0.2, 0.25) is 0 Å². The molecule has 0 saturated heterocycles. The quantitative estimate of drug-likeness (QED) is 0.746. The highest BCUT2D eigenvalue weighted by atomic mass is 35.5.